The second-order valence-electron chi connectivity index (χ2n) is 3.34. The largest absolute Gasteiger partial charge is 0.504 e. The molecule has 1 saturated heterocycles. The fourth-order valence-electron chi connectivity index (χ4n) is 1.66. The Bertz CT molecular complexity index is 324. The minimum Gasteiger partial charge on any atom is -0.504 e. The van der Waals surface area contributed by atoms with Gasteiger partial charge in [0.2, 0.25) is 0 Å². The molecule has 1 aliphatic heterocycles. The molecule has 1 fully saturated rings. The average molecular weight is 213 g/mol. The summed E-state index contributed by atoms with van der Waals surface area (Å²) in [5.41, 5.74) is 0.832. The average Bonchev–Trinajstić information content (AvgIpc) is 2.23. The van der Waals surface area contributed by atoms with Crippen LogP contribution in [0.25, 0.3) is 0 Å². The maximum atomic E-state index is 9.76. The molecule has 0 radical (unpaired) electrons. The third kappa shape index (κ3) is 1.79. The van der Waals surface area contributed by atoms with Gasteiger partial charge >= 0.3 is 0 Å². The third-order valence-corrected chi connectivity index (χ3v) is 2.73. The zero-order valence-electron chi connectivity index (χ0n) is 7.83. The van der Waals surface area contributed by atoms with Crippen molar-refractivity contribution in [3.05, 3.63) is 23.2 Å². The molecule has 2 N–H and O–H groups in total. The van der Waals surface area contributed by atoms with Crippen LogP contribution in [-0.4, -0.2) is 31.3 Å². The standard InChI is InChI=1S/C10H13ClN2O/c11-8-2-1-3-9(10(8)14)13-6-4-12-5-7-13/h1-3,12,14H,4-7H2. The second-order valence-corrected chi connectivity index (χ2v) is 3.75. The smallest absolute Gasteiger partial charge is 0.157 e. The van der Waals surface area contributed by atoms with Crippen molar-refractivity contribution in [2.45, 2.75) is 0 Å². The molecular formula is C10H13ClN2O. The molecule has 0 saturated carbocycles. The minimum absolute atomic E-state index is 0.191. The first-order valence-electron chi connectivity index (χ1n) is 4.72. The van der Waals surface area contributed by atoms with Gasteiger partial charge in [-0.3, -0.25) is 0 Å². The molecule has 1 aliphatic rings. The van der Waals surface area contributed by atoms with Crippen molar-refractivity contribution in [1.29, 1.82) is 0 Å². The fourth-order valence-corrected chi connectivity index (χ4v) is 1.83. The Balaban J connectivity index is 2.26. The molecule has 1 aromatic carbocycles. The van der Waals surface area contributed by atoms with Crippen molar-refractivity contribution in [1.82, 2.24) is 5.32 Å². The molecule has 76 valence electrons. The van der Waals surface area contributed by atoms with Gasteiger partial charge in [0.05, 0.1) is 10.7 Å². The summed E-state index contributed by atoms with van der Waals surface area (Å²) in [6.07, 6.45) is 0. The Morgan fingerprint density at radius 3 is 2.71 bits per heavy atom. The maximum Gasteiger partial charge on any atom is 0.157 e. The van der Waals surface area contributed by atoms with Gasteiger partial charge < -0.3 is 15.3 Å². The number of halogens is 1. The van der Waals surface area contributed by atoms with Crippen molar-refractivity contribution in [3.8, 4) is 5.75 Å². The first-order chi connectivity index (χ1) is 6.79. The summed E-state index contributed by atoms with van der Waals surface area (Å²) < 4.78 is 0. The zero-order valence-corrected chi connectivity index (χ0v) is 8.59. The summed E-state index contributed by atoms with van der Waals surface area (Å²) in [6, 6.07) is 5.45. The quantitative estimate of drug-likeness (QED) is 0.740. The minimum atomic E-state index is 0.191. The van der Waals surface area contributed by atoms with E-state index in [9.17, 15) is 5.11 Å². The summed E-state index contributed by atoms with van der Waals surface area (Å²) in [5.74, 6) is 0.191. The van der Waals surface area contributed by atoms with Gasteiger partial charge in [-0.1, -0.05) is 17.7 Å². The van der Waals surface area contributed by atoms with E-state index in [2.05, 4.69) is 10.2 Å². The summed E-state index contributed by atoms with van der Waals surface area (Å²) in [6.45, 7) is 3.72. The van der Waals surface area contributed by atoms with Crippen molar-refractivity contribution >= 4 is 17.3 Å². The van der Waals surface area contributed by atoms with Crippen LogP contribution in [0.3, 0.4) is 0 Å². The molecular weight excluding hydrogens is 200 g/mol. The molecule has 1 aromatic rings. The number of phenols is 1. The second kappa shape index (κ2) is 4.07. The number of nitrogens with zero attached hydrogens (tertiary/aromatic N) is 1. The van der Waals surface area contributed by atoms with Crippen LogP contribution in [0.4, 0.5) is 5.69 Å². The molecule has 0 unspecified atom stereocenters. The van der Waals surface area contributed by atoms with Gasteiger partial charge in [-0.2, -0.15) is 0 Å². The molecule has 2 rings (SSSR count). The number of aromatic hydroxyl groups is 1. The predicted octanol–water partition coefficient (Wildman–Crippen LogP) is 1.46. The van der Waals surface area contributed by atoms with E-state index in [0.717, 1.165) is 31.9 Å². The Kier molecular flexibility index (Phi) is 2.79. The number of hydrogen-bond acceptors (Lipinski definition) is 3. The van der Waals surface area contributed by atoms with Gasteiger partial charge in [-0.05, 0) is 12.1 Å². The lowest BCUT2D eigenvalue weighted by atomic mass is 10.2. The van der Waals surface area contributed by atoms with Crippen LogP contribution < -0.4 is 10.2 Å². The molecule has 0 aromatic heterocycles. The van der Waals surface area contributed by atoms with Gasteiger partial charge in [0, 0.05) is 26.2 Å². The summed E-state index contributed by atoms with van der Waals surface area (Å²) in [4.78, 5) is 2.14. The maximum absolute atomic E-state index is 9.76. The molecule has 0 bridgehead atoms. The third-order valence-electron chi connectivity index (χ3n) is 2.42. The first-order valence-corrected chi connectivity index (χ1v) is 5.10. The number of phenolic OH excluding ortho intramolecular Hbond substituents is 1. The summed E-state index contributed by atoms with van der Waals surface area (Å²) in [7, 11) is 0. The monoisotopic (exact) mass is 212 g/mol. The van der Waals surface area contributed by atoms with Gasteiger partial charge in [0.15, 0.2) is 5.75 Å². The number of rotatable bonds is 1. The number of nitrogens with one attached hydrogen (secondary N) is 1. The Labute approximate surface area is 88.3 Å². The molecule has 0 aliphatic carbocycles. The Hall–Kier alpha value is -0.930. The molecule has 4 heteroatoms. The first kappa shape index (κ1) is 9.62. The van der Waals surface area contributed by atoms with Crippen LogP contribution >= 0.6 is 11.6 Å². The van der Waals surface area contributed by atoms with Gasteiger partial charge in [-0.25, -0.2) is 0 Å². The van der Waals surface area contributed by atoms with Crippen LogP contribution in [0.5, 0.6) is 5.75 Å². The van der Waals surface area contributed by atoms with E-state index in [1.807, 2.05) is 12.1 Å². The van der Waals surface area contributed by atoms with E-state index in [1.165, 1.54) is 0 Å². The van der Waals surface area contributed by atoms with Crippen LogP contribution in [0.1, 0.15) is 0 Å². The normalized spacial score (nSPS) is 17.1. The Morgan fingerprint density at radius 1 is 1.29 bits per heavy atom. The molecule has 0 amide bonds. The van der Waals surface area contributed by atoms with E-state index < -0.39 is 0 Å². The predicted molar refractivity (Wildman–Crippen MR) is 58.2 cm³/mol. The van der Waals surface area contributed by atoms with E-state index in [-0.39, 0.29) is 5.75 Å². The lowest BCUT2D eigenvalue weighted by Gasteiger charge is -2.30. The molecule has 3 nitrogen and oxygen atoms in total. The highest BCUT2D eigenvalue weighted by Crippen LogP contribution is 2.33. The molecule has 1 heterocycles. The number of hydrogen-bond donors (Lipinski definition) is 2. The zero-order chi connectivity index (χ0) is 9.97. The summed E-state index contributed by atoms with van der Waals surface area (Å²) in [5, 5.41) is 13.4. The van der Waals surface area contributed by atoms with E-state index in [1.54, 1.807) is 6.07 Å². The van der Waals surface area contributed by atoms with Crippen molar-refractivity contribution in [2.75, 3.05) is 31.1 Å². The van der Waals surface area contributed by atoms with E-state index in [4.69, 9.17) is 11.6 Å². The molecule has 14 heavy (non-hydrogen) atoms. The molecule has 0 spiro atoms. The van der Waals surface area contributed by atoms with Gasteiger partial charge in [0.1, 0.15) is 0 Å². The topological polar surface area (TPSA) is 35.5 Å². The van der Waals surface area contributed by atoms with Crippen LogP contribution in [0.2, 0.25) is 5.02 Å². The SMILES string of the molecule is Oc1c(Cl)cccc1N1CCNCC1. The number of benzene rings is 1. The fraction of sp³-hybridized carbons (Fsp3) is 0.400. The van der Waals surface area contributed by atoms with E-state index in [0.29, 0.717) is 5.02 Å². The van der Waals surface area contributed by atoms with Gasteiger partial charge in [-0.15, -0.1) is 0 Å². The van der Waals surface area contributed by atoms with Crippen LogP contribution in [0.15, 0.2) is 18.2 Å². The van der Waals surface area contributed by atoms with Crippen molar-refractivity contribution in [3.63, 3.8) is 0 Å². The number of para-hydroxylation sites is 1. The molecule has 0 atom stereocenters. The van der Waals surface area contributed by atoms with Gasteiger partial charge in [0.25, 0.3) is 0 Å². The summed E-state index contributed by atoms with van der Waals surface area (Å²) >= 11 is 5.84. The highest BCUT2D eigenvalue weighted by Gasteiger charge is 2.14. The lowest BCUT2D eigenvalue weighted by molar-refractivity contribution is 0.471. The highest BCUT2D eigenvalue weighted by molar-refractivity contribution is 6.32. The van der Waals surface area contributed by atoms with Crippen LogP contribution in [0, 0.1) is 0 Å². The van der Waals surface area contributed by atoms with Crippen molar-refractivity contribution < 1.29 is 5.11 Å². The van der Waals surface area contributed by atoms with Crippen LogP contribution in [-0.2, 0) is 0 Å². The van der Waals surface area contributed by atoms with E-state index >= 15 is 0 Å². The Morgan fingerprint density at radius 2 is 2.00 bits per heavy atom. The number of piperazine rings is 1. The van der Waals surface area contributed by atoms with Crippen molar-refractivity contribution in [2.24, 2.45) is 0 Å². The highest BCUT2D eigenvalue weighted by atomic mass is 35.5. The number of anilines is 1. The lowest BCUT2D eigenvalue weighted by Crippen LogP contribution is -2.43.